The first-order valence-corrected chi connectivity index (χ1v) is 15.1. The molecule has 1 aromatic heterocycles. The molecule has 0 spiro atoms. The summed E-state index contributed by atoms with van der Waals surface area (Å²) in [6.45, 7) is 9.25. The van der Waals surface area contributed by atoms with Crippen molar-refractivity contribution >= 4 is 28.5 Å². The topological polar surface area (TPSA) is 50.2 Å². The molecule has 5 nitrogen and oxygen atoms in total. The molecule has 0 aliphatic rings. The third-order valence-electron chi connectivity index (χ3n) is 7.64. The fraction of sp³-hybridized carbons (Fsp3) is 0.278. The number of rotatable bonds is 12. The van der Waals surface area contributed by atoms with Gasteiger partial charge in [0.2, 0.25) is 0 Å². The van der Waals surface area contributed by atoms with E-state index >= 15 is 0 Å². The first-order valence-electron chi connectivity index (χ1n) is 14.7. The van der Waals surface area contributed by atoms with Gasteiger partial charge in [-0.3, -0.25) is 4.79 Å². The molecule has 0 fully saturated rings. The van der Waals surface area contributed by atoms with Crippen LogP contribution < -0.4 is 5.32 Å². The Hall–Kier alpha value is -3.93. The molecule has 1 heterocycles. The number of hydrogen-bond donors (Lipinski definition) is 1. The molecule has 1 amide bonds. The predicted octanol–water partition coefficient (Wildman–Crippen LogP) is 8.07. The molecule has 0 aliphatic carbocycles. The minimum Gasteiger partial charge on any atom is -0.328 e. The second kappa shape index (κ2) is 13.8. The minimum atomic E-state index is -0.234. The van der Waals surface area contributed by atoms with Gasteiger partial charge >= 0.3 is 0 Å². The highest BCUT2D eigenvalue weighted by Crippen LogP contribution is 2.33. The number of fused-ring (bicyclic) bond motifs is 1. The number of nitrogens with zero attached hydrogens (tertiary/aromatic N) is 3. The van der Waals surface area contributed by atoms with Crippen LogP contribution in [0.15, 0.2) is 103 Å². The molecule has 0 saturated heterocycles. The first kappa shape index (κ1) is 29.6. The normalized spacial score (nSPS) is 12.1. The molecule has 1 atom stereocenters. The van der Waals surface area contributed by atoms with Crippen molar-refractivity contribution in [3.63, 3.8) is 0 Å². The Bertz CT molecular complexity index is 1600. The lowest BCUT2D eigenvalue weighted by molar-refractivity contribution is 0.0603. The lowest BCUT2D eigenvalue weighted by atomic mass is 9.99. The lowest BCUT2D eigenvalue weighted by Crippen LogP contribution is -2.40. The molecule has 216 valence electrons. The SMILES string of the molecule is Cc1ccc(C(=O)N(CCCNCc2ccccc2)C(c2nc3cc(Cl)ccc3n2Cc2ccccc2)C(C)C)cc1. The summed E-state index contributed by atoms with van der Waals surface area (Å²) in [5.74, 6) is 1.02. The Labute approximate surface area is 254 Å². The standard InChI is InChI=1S/C36H39ClN4O/c1-26(2)34(35-39-32-23-31(37)19-20-33(32)41(35)25-29-13-8-5-9-14-29)40(36(42)30-17-15-27(3)16-18-30)22-10-21-38-24-28-11-6-4-7-12-28/h4-9,11-20,23,26,34,38H,10,21-22,24-25H2,1-3H3. The van der Waals surface area contributed by atoms with Crippen molar-refractivity contribution < 1.29 is 4.79 Å². The van der Waals surface area contributed by atoms with E-state index < -0.39 is 0 Å². The van der Waals surface area contributed by atoms with Crippen LogP contribution in [-0.2, 0) is 13.1 Å². The van der Waals surface area contributed by atoms with E-state index in [0.717, 1.165) is 41.9 Å². The van der Waals surface area contributed by atoms with Gasteiger partial charge in [-0.25, -0.2) is 4.98 Å². The second-order valence-corrected chi connectivity index (χ2v) is 11.7. The van der Waals surface area contributed by atoms with Gasteiger partial charge < -0.3 is 14.8 Å². The summed E-state index contributed by atoms with van der Waals surface area (Å²) in [5, 5.41) is 4.20. The smallest absolute Gasteiger partial charge is 0.254 e. The van der Waals surface area contributed by atoms with E-state index in [1.54, 1.807) is 0 Å². The van der Waals surface area contributed by atoms with Crippen molar-refractivity contribution in [3.05, 3.63) is 136 Å². The Balaban J connectivity index is 1.50. The van der Waals surface area contributed by atoms with E-state index in [1.165, 1.54) is 11.1 Å². The second-order valence-electron chi connectivity index (χ2n) is 11.2. The lowest BCUT2D eigenvalue weighted by Gasteiger charge is -2.35. The van der Waals surface area contributed by atoms with Gasteiger partial charge in [0, 0.05) is 30.2 Å². The van der Waals surface area contributed by atoms with Gasteiger partial charge in [-0.15, -0.1) is 0 Å². The van der Waals surface area contributed by atoms with Crippen LogP contribution in [0.1, 0.15) is 59.2 Å². The molecule has 5 rings (SSSR count). The zero-order valence-electron chi connectivity index (χ0n) is 24.6. The van der Waals surface area contributed by atoms with Crippen LogP contribution in [0, 0.1) is 12.8 Å². The highest BCUT2D eigenvalue weighted by molar-refractivity contribution is 6.31. The van der Waals surface area contributed by atoms with Crippen LogP contribution in [0.3, 0.4) is 0 Å². The molecule has 0 aliphatic heterocycles. The summed E-state index contributed by atoms with van der Waals surface area (Å²) < 4.78 is 2.26. The summed E-state index contributed by atoms with van der Waals surface area (Å²) in [7, 11) is 0. The Morgan fingerprint density at radius 2 is 1.57 bits per heavy atom. The Morgan fingerprint density at radius 3 is 2.24 bits per heavy atom. The summed E-state index contributed by atoms with van der Waals surface area (Å²) in [6, 6.07) is 34.3. The van der Waals surface area contributed by atoms with E-state index in [-0.39, 0.29) is 17.9 Å². The van der Waals surface area contributed by atoms with Crippen molar-refractivity contribution in [3.8, 4) is 0 Å². The number of amides is 1. The van der Waals surface area contributed by atoms with Crippen molar-refractivity contribution in [1.82, 2.24) is 19.8 Å². The largest absolute Gasteiger partial charge is 0.328 e. The molecule has 0 radical (unpaired) electrons. The highest BCUT2D eigenvalue weighted by atomic mass is 35.5. The van der Waals surface area contributed by atoms with Gasteiger partial charge in [0.15, 0.2) is 0 Å². The van der Waals surface area contributed by atoms with Crippen LogP contribution in [0.4, 0.5) is 0 Å². The van der Waals surface area contributed by atoms with Crippen molar-refractivity contribution in [2.75, 3.05) is 13.1 Å². The summed E-state index contributed by atoms with van der Waals surface area (Å²) >= 11 is 6.41. The van der Waals surface area contributed by atoms with Gasteiger partial charge in [0.25, 0.3) is 5.91 Å². The van der Waals surface area contributed by atoms with Crippen LogP contribution in [0.5, 0.6) is 0 Å². The van der Waals surface area contributed by atoms with E-state index in [9.17, 15) is 4.79 Å². The van der Waals surface area contributed by atoms with E-state index in [0.29, 0.717) is 23.7 Å². The van der Waals surface area contributed by atoms with Gasteiger partial charge in [0.1, 0.15) is 5.82 Å². The molecule has 0 bridgehead atoms. The maximum atomic E-state index is 14.2. The Morgan fingerprint density at radius 1 is 0.905 bits per heavy atom. The third-order valence-corrected chi connectivity index (χ3v) is 7.87. The predicted molar refractivity (Wildman–Crippen MR) is 173 cm³/mol. The van der Waals surface area contributed by atoms with E-state index in [2.05, 4.69) is 72.3 Å². The number of nitrogens with one attached hydrogen (secondary N) is 1. The molecular weight excluding hydrogens is 540 g/mol. The van der Waals surface area contributed by atoms with Gasteiger partial charge in [-0.05, 0) is 67.3 Å². The highest BCUT2D eigenvalue weighted by Gasteiger charge is 2.33. The Kier molecular flexibility index (Phi) is 9.73. The maximum absolute atomic E-state index is 14.2. The van der Waals surface area contributed by atoms with E-state index in [1.807, 2.05) is 66.4 Å². The fourth-order valence-corrected chi connectivity index (χ4v) is 5.68. The molecule has 0 saturated carbocycles. The molecule has 1 N–H and O–H groups in total. The number of carbonyl (C=O) groups is 1. The van der Waals surface area contributed by atoms with Crippen LogP contribution in [-0.4, -0.2) is 33.4 Å². The zero-order valence-corrected chi connectivity index (χ0v) is 25.4. The average Bonchev–Trinajstić information content (AvgIpc) is 3.33. The summed E-state index contributed by atoms with van der Waals surface area (Å²) in [6.07, 6.45) is 0.818. The fourth-order valence-electron chi connectivity index (χ4n) is 5.51. The minimum absolute atomic E-state index is 0.0214. The molecule has 6 heteroatoms. The summed E-state index contributed by atoms with van der Waals surface area (Å²) in [5.41, 5.74) is 6.10. The molecule has 5 aromatic rings. The zero-order chi connectivity index (χ0) is 29.5. The van der Waals surface area contributed by atoms with Gasteiger partial charge in [0.05, 0.1) is 17.1 Å². The monoisotopic (exact) mass is 578 g/mol. The number of halogens is 1. The molecule has 4 aromatic carbocycles. The number of imidazole rings is 1. The number of hydrogen-bond acceptors (Lipinski definition) is 3. The number of benzene rings is 4. The molecule has 42 heavy (non-hydrogen) atoms. The third kappa shape index (κ3) is 7.10. The number of carbonyl (C=O) groups excluding carboxylic acids is 1. The maximum Gasteiger partial charge on any atom is 0.254 e. The van der Waals surface area contributed by atoms with Crippen LogP contribution in [0.2, 0.25) is 5.02 Å². The van der Waals surface area contributed by atoms with E-state index in [4.69, 9.17) is 16.6 Å². The average molecular weight is 579 g/mol. The first-order chi connectivity index (χ1) is 20.4. The number of aryl methyl sites for hydroxylation is 1. The van der Waals surface area contributed by atoms with Crippen molar-refractivity contribution in [1.29, 1.82) is 0 Å². The quantitative estimate of drug-likeness (QED) is 0.152. The van der Waals surface area contributed by atoms with Gasteiger partial charge in [-0.2, -0.15) is 0 Å². The summed E-state index contributed by atoms with van der Waals surface area (Å²) in [4.78, 5) is 21.4. The van der Waals surface area contributed by atoms with Crippen molar-refractivity contribution in [2.45, 2.75) is 46.3 Å². The molecule has 1 unspecified atom stereocenters. The van der Waals surface area contributed by atoms with Crippen LogP contribution in [0.25, 0.3) is 11.0 Å². The van der Waals surface area contributed by atoms with Crippen molar-refractivity contribution in [2.24, 2.45) is 5.92 Å². The van der Waals surface area contributed by atoms with Gasteiger partial charge in [-0.1, -0.05) is 104 Å². The van der Waals surface area contributed by atoms with Crippen LogP contribution >= 0.6 is 11.6 Å². The number of aromatic nitrogens is 2. The molecular formula is C36H39ClN4O.